The Morgan fingerprint density at radius 3 is 2.37 bits per heavy atom. The summed E-state index contributed by atoms with van der Waals surface area (Å²) < 4.78 is 5.67. The van der Waals surface area contributed by atoms with Crippen LogP contribution in [0.5, 0.6) is 0 Å². The van der Waals surface area contributed by atoms with Gasteiger partial charge in [-0.1, -0.05) is 54.6 Å². The van der Waals surface area contributed by atoms with E-state index in [9.17, 15) is 19.2 Å². The van der Waals surface area contributed by atoms with E-state index in [4.69, 9.17) is 4.42 Å². The molecule has 2 aromatic carbocycles. The second-order valence-electron chi connectivity index (χ2n) is 8.84. The van der Waals surface area contributed by atoms with Crippen molar-refractivity contribution in [1.29, 1.82) is 0 Å². The van der Waals surface area contributed by atoms with Crippen molar-refractivity contribution in [3.8, 4) is 0 Å². The third-order valence-corrected chi connectivity index (χ3v) is 5.88. The molecule has 194 valence electrons. The molecule has 0 saturated heterocycles. The van der Waals surface area contributed by atoms with Crippen molar-refractivity contribution in [3.63, 3.8) is 0 Å². The highest BCUT2D eigenvalue weighted by molar-refractivity contribution is 6.38. The minimum atomic E-state index is -1.12. The molecule has 0 aliphatic carbocycles. The van der Waals surface area contributed by atoms with Crippen LogP contribution >= 0.6 is 0 Å². The normalized spacial score (nSPS) is 12.3. The maximum Gasteiger partial charge on any atom is 0.289 e. The van der Waals surface area contributed by atoms with Crippen LogP contribution in [-0.2, 0) is 38.6 Å². The molecular weight excluding hydrogens is 484 g/mol. The van der Waals surface area contributed by atoms with Crippen molar-refractivity contribution in [2.45, 2.75) is 38.4 Å². The number of pyridine rings is 1. The van der Waals surface area contributed by atoms with Crippen molar-refractivity contribution in [2.24, 2.45) is 0 Å². The molecule has 2 atom stereocenters. The van der Waals surface area contributed by atoms with Gasteiger partial charge in [0.2, 0.25) is 17.6 Å². The highest BCUT2D eigenvalue weighted by atomic mass is 16.3. The minimum Gasteiger partial charge on any atom is -0.461 e. The lowest BCUT2D eigenvalue weighted by Crippen LogP contribution is -2.53. The lowest BCUT2D eigenvalue weighted by Gasteiger charge is -2.20. The van der Waals surface area contributed by atoms with E-state index in [0.29, 0.717) is 17.0 Å². The third kappa shape index (κ3) is 7.13. The molecule has 4 rings (SSSR count). The van der Waals surface area contributed by atoms with E-state index >= 15 is 0 Å². The predicted octanol–water partition coefficient (Wildman–Crippen LogP) is 2.49. The highest BCUT2D eigenvalue weighted by Gasteiger charge is 2.29. The lowest BCUT2D eigenvalue weighted by molar-refractivity contribution is -0.140. The Hall–Kier alpha value is -4.79. The van der Waals surface area contributed by atoms with Crippen molar-refractivity contribution in [2.75, 3.05) is 0 Å². The molecule has 0 radical (unpaired) electrons. The van der Waals surface area contributed by atoms with Gasteiger partial charge in [0.25, 0.3) is 5.91 Å². The Balaban J connectivity index is 1.37. The molecule has 0 spiro atoms. The van der Waals surface area contributed by atoms with Crippen LogP contribution in [0.2, 0.25) is 0 Å². The summed E-state index contributed by atoms with van der Waals surface area (Å²) in [7, 11) is 0. The number of ketones is 1. The lowest BCUT2D eigenvalue weighted by atomic mass is 10.0. The summed E-state index contributed by atoms with van der Waals surface area (Å²) in [6, 6.07) is 21.4. The fourth-order valence-corrected chi connectivity index (χ4v) is 3.91. The summed E-state index contributed by atoms with van der Waals surface area (Å²) in [4.78, 5) is 55.3. The first-order chi connectivity index (χ1) is 18.4. The minimum absolute atomic E-state index is 0.0470. The van der Waals surface area contributed by atoms with Crippen molar-refractivity contribution in [1.82, 2.24) is 20.9 Å². The Kier molecular flexibility index (Phi) is 8.61. The molecule has 9 nitrogen and oxygen atoms in total. The Bertz CT molecular complexity index is 1390. The number of carbonyl (C=O) groups excluding carboxylic acids is 4. The predicted molar refractivity (Wildman–Crippen MR) is 141 cm³/mol. The average molecular weight is 513 g/mol. The number of Topliss-reactive ketones (excluding diaryl/α,β-unsaturated/α-hetero) is 1. The number of benzene rings is 2. The van der Waals surface area contributed by atoms with E-state index in [1.54, 1.807) is 54.7 Å². The van der Waals surface area contributed by atoms with E-state index in [-0.39, 0.29) is 19.4 Å². The van der Waals surface area contributed by atoms with E-state index in [2.05, 4.69) is 20.9 Å². The maximum absolute atomic E-state index is 13.0. The van der Waals surface area contributed by atoms with E-state index < -0.39 is 35.6 Å². The number of nitrogens with one attached hydrogen (secondary N) is 3. The van der Waals surface area contributed by atoms with Gasteiger partial charge in [0.1, 0.15) is 23.4 Å². The molecule has 0 saturated carbocycles. The van der Waals surface area contributed by atoms with Crippen LogP contribution in [-0.4, -0.2) is 40.6 Å². The second-order valence-corrected chi connectivity index (χ2v) is 8.84. The molecule has 0 unspecified atom stereocenters. The number of furan rings is 1. The first kappa shape index (κ1) is 26.3. The molecule has 4 aromatic rings. The first-order valence-corrected chi connectivity index (χ1v) is 12.2. The van der Waals surface area contributed by atoms with Crippen molar-refractivity contribution < 1.29 is 23.6 Å². The molecule has 0 aliphatic rings. The molecule has 2 heterocycles. The zero-order valence-corrected chi connectivity index (χ0v) is 20.8. The quantitative estimate of drug-likeness (QED) is 0.265. The third-order valence-electron chi connectivity index (χ3n) is 5.88. The van der Waals surface area contributed by atoms with E-state index in [0.717, 1.165) is 10.9 Å². The maximum atomic E-state index is 13.0. The first-order valence-electron chi connectivity index (χ1n) is 12.2. The molecule has 0 fully saturated rings. The fraction of sp³-hybridized carbons (Fsp3) is 0.207. The van der Waals surface area contributed by atoms with Gasteiger partial charge in [-0.3, -0.25) is 24.2 Å². The largest absolute Gasteiger partial charge is 0.461 e. The summed E-state index contributed by atoms with van der Waals surface area (Å²) >= 11 is 0. The van der Waals surface area contributed by atoms with Crippen LogP contribution in [0, 0.1) is 0 Å². The Morgan fingerprint density at radius 1 is 0.895 bits per heavy atom. The molecule has 3 amide bonds. The fourth-order valence-electron chi connectivity index (χ4n) is 3.91. The monoisotopic (exact) mass is 512 g/mol. The number of aromatic nitrogens is 1. The molecule has 9 heteroatoms. The van der Waals surface area contributed by atoms with Crippen molar-refractivity contribution >= 4 is 34.5 Å². The number of nitrogens with zero attached hydrogens (tertiary/aromatic N) is 1. The van der Waals surface area contributed by atoms with Gasteiger partial charge in [-0.05, 0) is 36.8 Å². The van der Waals surface area contributed by atoms with Gasteiger partial charge in [0.05, 0.1) is 18.7 Å². The van der Waals surface area contributed by atoms with E-state index in [1.807, 2.05) is 30.3 Å². The summed E-state index contributed by atoms with van der Waals surface area (Å²) in [6.45, 7) is 1.59. The van der Waals surface area contributed by atoms with Crippen LogP contribution in [0.15, 0.2) is 89.5 Å². The molecule has 38 heavy (non-hydrogen) atoms. The number of amides is 3. The SMILES string of the molecule is C[C@@H](NC(=O)Cc1cc2ccccc2o1)C(=O)N[C@H](Cc1ccccc1)C(=O)C(=O)NCc1ccccn1. The Labute approximate surface area is 219 Å². The topological polar surface area (TPSA) is 130 Å². The summed E-state index contributed by atoms with van der Waals surface area (Å²) in [5.74, 6) is -2.16. The zero-order valence-electron chi connectivity index (χ0n) is 20.8. The highest BCUT2D eigenvalue weighted by Crippen LogP contribution is 2.19. The summed E-state index contributed by atoms with van der Waals surface area (Å²) in [6.07, 6.45) is 1.66. The zero-order chi connectivity index (χ0) is 26.9. The Morgan fingerprint density at radius 2 is 1.63 bits per heavy atom. The number of para-hydroxylation sites is 1. The van der Waals surface area contributed by atoms with Gasteiger partial charge >= 0.3 is 0 Å². The second kappa shape index (κ2) is 12.4. The standard InChI is InChI=1S/C29H28N4O5/c1-19(32-26(34)17-23-16-21-11-5-6-13-25(21)38-23)28(36)33-24(15-20-9-3-2-4-10-20)27(35)29(37)31-18-22-12-7-8-14-30-22/h2-14,16,19,24H,15,17-18H2,1H3,(H,31,37)(H,32,34)(H,33,36)/t19-,24-/m1/s1. The number of hydrogen-bond acceptors (Lipinski definition) is 6. The molecule has 2 aromatic heterocycles. The van der Waals surface area contributed by atoms with Gasteiger partial charge in [-0.25, -0.2) is 0 Å². The van der Waals surface area contributed by atoms with Crippen LogP contribution in [0.3, 0.4) is 0 Å². The summed E-state index contributed by atoms with van der Waals surface area (Å²) in [5.41, 5.74) is 2.04. The number of hydrogen-bond donors (Lipinski definition) is 3. The molecular formula is C29H28N4O5. The van der Waals surface area contributed by atoms with Gasteiger partial charge in [0.15, 0.2) is 0 Å². The van der Waals surface area contributed by atoms with Gasteiger partial charge in [-0.2, -0.15) is 0 Å². The molecule has 0 bridgehead atoms. The van der Waals surface area contributed by atoms with Crippen LogP contribution in [0.1, 0.15) is 23.9 Å². The van der Waals surface area contributed by atoms with Crippen LogP contribution in [0.25, 0.3) is 11.0 Å². The molecule has 0 aliphatic heterocycles. The van der Waals surface area contributed by atoms with Crippen molar-refractivity contribution in [3.05, 3.63) is 102 Å². The molecule has 3 N–H and O–H groups in total. The summed E-state index contributed by atoms with van der Waals surface area (Å²) in [5, 5.41) is 8.69. The smallest absolute Gasteiger partial charge is 0.289 e. The van der Waals surface area contributed by atoms with Crippen LogP contribution in [0.4, 0.5) is 0 Å². The van der Waals surface area contributed by atoms with Gasteiger partial charge in [0, 0.05) is 18.0 Å². The van der Waals surface area contributed by atoms with Crippen LogP contribution < -0.4 is 16.0 Å². The number of rotatable bonds is 11. The van der Waals surface area contributed by atoms with Gasteiger partial charge < -0.3 is 20.4 Å². The average Bonchev–Trinajstić information content (AvgIpc) is 3.34. The van der Waals surface area contributed by atoms with E-state index in [1.165, 1.54) is 6.92 Å². The number of fused-ring (bicyclic) bond motifs is 1. The van der Waals surface area contributed by atoms with Gasteiger partial charge in [-0.15, -0.1) is 0 Å². The number of carbonyl (C=O) groups is 4.